The van der Waals surface area contributed by atoms with Gasteiger partial charge in [0.05, 0.1) is 21.1 Å². The summed E-state index contributed by atoms with van der Waals surface area (Å²) >= 11 is 0. The molecule has 28 heavy (non-hydrogen) atoms. The lowest BCUT2D eigenvalue weighted by Gasteiger charge is -2.33. The first-order chi connectivity index (χ1) is 12.9. The number of rotatable bonds is 19. The molecule has 0 aliphatic rings. The standard InChI is InChI=1S/C24H50N2O.ClH/c1-6-8-9-10-11-12-13-14-15-16-17-18-19-20-21-22-24(27)25-23(7-2)26(3,4)5;/h23H,6-22H2,1-5H3;1H. The summed E-state index contributed by atoms with van der Waals surface area (Å²) in [5.41, 5.74) is 0. The van der Waals surface area contributed by atoms with Crippen LogP contribution < -0.4 is 17.7 Å². The lowest BCUT2D eigenvalue weighted by molar-refractivity contribution is -0.898. The van der Waals surface area contributed by atoms with Crippen molar-refractivity contribution in [1.82, 2.24) is 5.32 Å². The molecule has 0 fully saturated rings. The third-order valence-corrected chi connectivity index (χ3v) is 5.66. The van der Waals surface area contributed by atoms with E-state index in [-0.39, 0.29) is 24.5 Å². The average molecular weight is 419 g/mol. The van der Waals surface area contributed by atoms with Gasteiger partial charge in [0, 0.05) is 12.8 Å². The minimum absolute atomic E-state index is 0. The van der Waals surface area contributed by atoms with Crippen molar-refractivity contribution >= 4 is 5.91 Å². The van der Waals surface area contributed by atoms with E-state index in [0.717, 1.165) is 17.3 Å². The van der Waals surface area contributed by atoms with Crippen LogP contribution in [0.5, 0.6) is 0 Å². The van der Waals surface area contributed by atoms with Gasteiger partial charge in [0.1, 0.15) is 0 Å². The summed E-state index contributed by atoms with van der Waals surface area (Å²) in [6.45, 7) is 4.42. The fourth-order valence-electron chi connectivity index (χ4n) is 3.76. The van der Waals surface area contributed by atoms with Crippen molar-refractivity contribution in [3.05, 3.63) is 0 Å². The Kier molecular flexibility index (Phi) is 21.4. The fourth-order valence-corrected chi connectivity index (χ4v) is 3.76. The smallest absolute Gasteiger partial charge is 0.224 e. The van der Waals surface area contributed by atoms with Gasteiger partial charge in [-0.1, -0.05) is 104 Å². The van der Waals surface area contributed by atoms with Crippen molar-refractivity contribution in [3.8, 4) is 0 Å². The fraction of sp³-hybridized carbons (Fsp3) is 0.958. The van der Waals surface area contributed by atoms with Crippen LogP contribution in [0.2, 0.25) is 0 Å². The topological polar surface area (TPSA) is 29.1 Å². The Bertz CT molecular complexity index is 342. The van der Waals surface area contributed by atoms with Gasteiger partial charge in [0.15, 0.2) is 6.17 Å². The quantitative estimate of drug-likeness (QED) is 0.193. The van der Waals surface area contributed by atoms with Crippen LogP contribution >= 0.6 is 0 Å². The molecule has 3 nitrogen and oxygen atoms in total. The molecule has 0 saturated carbocycles. The highest BCUT2D eigenvalue weighted by Gasteiger charge is 2.22. The first-order valence-corrected chi connectivity index (χ1v) is 12.0. The number of carbonyl (C=O) groups excluding carboxylic acids is 1. The maximum atomic E-state index is 12.1. The second kappa shape index (κ2) is 20.0. The van der Waals surface area contributed by atoms with E-state index in [2.05, 4.69) is 40.3 Å². The molecule has 0 aromatic carbocycles. The number of nitrogens with one attached hydrogen (secondary N) is 1. The summed E-state index contributed by atoms with van der Waals surface area (Å²) in [5, 5.41) is 3.19. The van der Waals surface area contributed by atoms with E-state index in [1.54, 1.807) is 0 Å². The minimum Gasteiger partial charge on any atom is -1.00 e. The van der Waals surface area contributed by atoms with Crippen molar-refractivity contribution in [2.45, 2.75) is 129 Å². The van der Waals surface area contributed by atoms with E-state index in [1.807, 2.05) is 0 Å². The zero-order valence-corrected chi connectivity index (χ0v) is 20.6. The molecular formula is C24H51ClN2O. The zero-order valence-electron chi connectivity index (χ0n) is 19.8. The van der Waals surface area contributed by atoms with Gasteiger partial charge in [0.25, 0.3) is 0 Å². The number of unbranched alkanes of at least 4 members (excludes halogenated alkanes) is 14. The molecule has 0 aromatic rings. The second-order valence-corrected chi connectivity index (χ2v) is 9.31. The number of carbonyl (C=O) groups is 1. The average Bonchev–Trinajstić information content (AvgIpc) is 2.62. The largest absolute Gasteiger partial charge is 1.00 e. The molecule has 0 radical (unpaired) electrons. The molecule has 0 aliphatic heterocycles. The van der Waals surface area contributed by atoms with Crippen LogP contribution in [0, 0.1) is 0 Å². The Morgan fingerprint density at radius 1 is 0.679 bits per heavy atom. The lowest BCUT2D eigenvalue weighted by Crippen LogP contribution is -3.00. The minimum atomic E-state index is 0. The third-order valence-electron chi connectivity index (χ3n) is 5.66. The van der Waals surface area contributed by atoms with E-state index in [1.165, 1.54) is 89.9 Å². The molecule has 1 unspecified atom stereocenters. The molecule has 0 aliphatic carbocycles. The van der Waals surface area contributed by atoms with Crippen LogP contribution in [0.4, 0.5) is 0 Å². The first kappa shape index (κ1) is 29.9. The Morgan fingerprint density at radius 2 is 1.04 bits per heavy atom. The highest BCUT2D eigenvalue weighted by Crippen LogP contribution is 2.14. The van der Waals surface area contributed by atoms with Crippen LogP contribution in [0.1, 0.15) is 123 Å². The molecule has 0 bridgehead atoms. The molecule has 1 amide bonds. The Morgan fingerprint density at radius 3 is 1.36 bits per heavy atom. The van der Waals surface area contributed by atoms with Gasteiger partial charge in [-0.2, -0.15) is 0 Å². The normalized spacial score (nSPS) is 12.5. The van der Waals surface area contributed by atoms with E-state index in [4.69, 9.17) is 0 Å². The molecule has 0 saturated heterocycles. The van der Waals surface area contributed by atoms with Gasteiger partial charge in [0.2, 0.25) is 5.91 Å². The number of amides is 1. The zero-order chi connectivity index (χ0) is 20.4. The van der Waals surface area contributed by atoms with Crippen molar-refractivity contribution < 1.29 is 21.7 Å². The first-order valence-electron chi connectivity index (χ1n) is 12.0. The highest BCUT2D eigenvalue weighted by molar-refractivity contribution is 5.75. The van der Waals surface area contributed by atoms with Crippen LogP contribution in [-0.2, 0) is 4.79 Å². The number of nitrogens with zero attached hydrogens (tertiary/aromatic N) is 1. The summed E-state index contributed by atoms with van der Waals surface area (Å²) in [7, 11) is 6.42. The number of hydrogen-bond acceptors (Lipinski definition) is 1. The summed E-state index contributed by atoms with van der Waals surface area (Å²) < 4.78 is 0.793. The van der Waals surface area contributed by atoms with Crippen molar-refractivity contribution in [2.75, 3.05) is 21.1 Å². The predicted octanol–water partition coefficient (Wildman–Crippen LogP) is 3.81. The number of hydrogen-bond donors (Lipinski definition) is 1. The van der Waals surface area contributed by atoms with Crippen LogP contribution in [0.15, 0.2) is 0 Å². The maximum absolute atomic E-state index is 12.1. The Balaban J connectivity index is 0. The van der Waals surface area contributed by atoms with E-state index in [9.17, 15) is 4.79 Å². The summed E-state index contributed by atoms with van der Waals surface area (Å²) in [6.07, 6.45) is 22.4. The molecule has 0 heterocycles. The van der Waals surface area contributed by atoms with Crippen LogP contribution in [-0.4, -0.2) is 37.7 Å². The molecule has 1 N–H and O–H groups in total. The summed E-state index contributed by atoms with van der Waals surface area (Å²) in [6, 6.07) is 0. The number of halogens is 1. The number of quaternary nitrogens is 1. The Labute approximate surface area is 183 Å². The van der Waals surface area contributed by atoms with Crippen LogP contribution in [0.25, 0.3) is 0 Å². The molecule has 0 spiro atoms. The van der Waals surface area contributed by atoms with E-state index >= 15 is 0 Å². The van der Waals surface area contributed by atoms with Crippen molar-refractivity contribution in [1.29, 1.82) is 0 Å². The molecule has 1 atom stereocenters. The van der Waals surface area contributed by atoms with E-state index in [0.29, 0.717) is 6.42 Å². The van der Waals surface area contributed by atoms with Gasteiger partial charge in [-0.05, 0) is 6.42 Å². The van der Waals surface area contributed by atoms with Crippen molar-refractivity contribution in [2.24, 2.45) is 0 Å². The van der Waals surface area contributed by atoms with Crippen LogP contribution in [0.3, 0.4) is 0 Å². The molecule has 4 heteroatoms. The van der Waals surface area contributed by atoms with Gasteiger partial charge >= 0.3 is 0 Å². The van der Waals surface area contributed by atoms with Gasteiger partial charge in [-0.25, -0.2) is 0 Å². The molecule has 170 valence electrons. The molecular weight excluding hydrogens is 368 g/mol. The molecule has 0 aromatic heterocycles. The van der Waals surface area contributed by atoms with Crippen molar-refractivity contribution in [3.63, 3.8) is 0 Å². The highest BCUT2D eigenvalue weighted by atomic mass is 35.5. The summed E-state index contributed by atoms with van der Waals surface area (Å²) in [5.74, 6) is 0.226. The third kappa shape index (κ3) is 19.1. The second-order valence-electron chi connectivity index (χ2n) is 9.31. The predicted molar refractivity (Wildman–Crippen MR) is 120 cm³/mol. The maximum Gasteiger partial charge on any atom is 0.224 e. The monoisotopic (exact) mass is 418 g/mol. The molecule has 0 rings (SSSR count). The van der Waals surface area contributed by atoms with E-state index < -0.39 is 0 Å². The van der Waals surface area contributed by atoms with Gasteiger partial charge in [-0.3, -0.25) is 4.79 Å². The Hall–Kier alpha value is -0.280. The lowest BCUT2D eigenvalue weighted by atomic mass is 10.0. The van der Waals surface area contributed by atoms with Gasteiger partial charge < -0.3 is 22.2 Å². The van der Waals surface area contributed by atoms with Gasteiger partial charge in [-0.15, -0.1) is 0 Å². The SMILES string of the molecule is CCCCCCCCCCCCCCCCCC(=O)NC(CC)[N+](C)(C)C.[Cl-]. The summed E-state index contributed by atoms with van der Waals surface area (Å²) in [4.78, 5) is 12.1.